The molecular formula is C21H21NO6. The van der Waals surface area contributed by atoms with Crippen molar-refractivity contribution in [1.29, 1.82) is 0 Å². The Hall–Kier alpha value is -3.35. The third-order valence-corrected chi connectivity index (χ3v) is 4.33. The summed E-state index contributed by atoms with van der Waals surface area (Å²) in [4.78, 5) is 37.3. The van der Waals surface area contributed by atoms with E-state index in [-0.39, 0.29) is 31.3 Å². The van der Waals surface area contributed by atoms with Crippen LogP contribution in [-0.4, -0.2) is 44.5 Å². The normalized spacial score (nSPS) is 12.5. The SMILES string of the molecule is CCOc1ccc(OCC(=O)OCC(=O)c2ccc3c(c2)CC(=O)N3C)cc1. The smallest absolute Gasteiger partial charge is 0.344 e. The van der Waals surface area contributed by atoms with Gasteiger partial charge in [-0.25, -0.2) is 4.79 Å². The van der Waals surface area contributed by atoms with Crippen LogP contribution in [0.15, 0.2) is 42.5 Å². The number of carbonyl (C=O) groups is 3. The molecule has 1 aliphatic heterocycles. The molecule has 0 radical (unpaired) electrons. The lowest BCUT2D eigenvalue weighted by atomic mass is 10.1. The Morgan fingerprint density at radius 3 is 2.36 bits per heavy atom. The predicted molar refractivity (Wildman–Crippen MR) is 102 cm³/mol. The predicted octanol–water partition coefficient (Wildman–Crippen LogP) is 2.41. The molecule has 7 nitrogen and oxygen atoms in total. The van der Waals surface area contributed by atoms with Gasteiger partial charge in [-0.1, -0.05) is 0 Å². The third kappa shape index (κ3) is 4.49. The van der Waals surface area contributed by atoms with Crippen LogP contribution in [0.3, 0.4) is 0 Å². The zero-order valence-electron chi connectivity index (χ0n) is 15.8. The Labute approximate surface area is 162 Å². The molecule has 28 heavy (non-hydrogen) atoms. The highest BCUT2D eigenvalue weighted by molar-refractivity contribution is 6.03. The molecule has 0 aromatic heterocycles. The van der Waals surface area contributed by atoms with Crippen LogP contribution in [0, 0.1) is 0 Å². The first-order chi connectivity index (χ1) is 13.5. The number of ketones is 1. The summed E-state index contributed by atoms with van der Waals surface area (Å²) >= 11 is 0. The summed E-state index contributed by atoms with van der Waals surface area (Å²) in [7, 11) is 1.70. The average Bonchev–Trinajstić information content (AvgIpc) is 2.99. The standard InChI is InChI=1S/C21H21NO6/c1-3-26-16-5-7-17(8-6-16)27-13-21(25)28-12-19(23)14-4-9-18-15(10-14)11-20(24)22(18)2/h4-10H,3,11-13H2,1-2H3. The van der Waals surface area contributed by atoms with Crippen molar-refractivity contribution in [3.05, 3.63) is 53.6 Å². The number of esters is 1. The molecule has 7 heteroatoms. The maximum atomic E-state index is 12.3. The van der Waals surface area contributed by atoms with Gasteiger partial charge in [0, 0.05) is 18.3 Å². The van der Waals surface area contributed by atoms with E-state index in [9.17, 15) is 14.4 Å². The fraction of sp³-hybridized carbons (Fsp3) is 0.286. The van der Waals surface area contributed by atoms with Gasteiger partial charge < -0.3 is 19.1 Å². The van der Waals surface area contributed by atoms with Crippen LogP contribution in [0.25, 0.3) is 0 Å². The van der Waals surface area contributed by atoms with E-state index in [1.165, 1.54) is 0 Å². The summed E-state index contributed by atoms with van der Waals surface area (Å²) in [6.07, 6.45) is 0.267. The number of rotatable bonds is 8. The number of hydrogen-bond acceptors (Lipinski definition) is 6. The molecule has 0 fully saturated rings. The Bertz CT molecular complexity index is 890. The van der Waals surface area contributed by atoms with Gasteiger partial charge in [-0.15, -0.1) is 0 Å². The number of ether oxygens (including phenoxy) is 3. The van der Waals surface area contributed by atoms with Crippen molar-refractivity contribution >= 4 is 23.3 Å². The van der Waals surface area contributed by atoms with Crippen molar-refractivity contribution in [3.8, 4) is 11.5 Å². The molecule has 0 spiro atoms. The number of amides is 1. The number of likely N-dealkylation sites (N-methyl/N-ethyl adjacent to an activating group) is 1. The van der Waals surface area contributed by atoms with Crippen molar-refractivity contribution in [1.82, 2.24) is 0 Å². The van der Waals surface area contributed by atoms with Crippen molar-refractivity contribution < 1.29 is 28.6 Å². The largest absolute Gasteiger partial charge is 0.494 e. The summed E-state index contributed by atoms with van der Waals surface area (Å²) in [5, 5.41) is 0. The number of benzene rings is 2. The quantitative estimate of drug-likeness (QED) is 0.514. The van der Waals surface area contributed by atoms with Gasteiger partial charge in [0.25, 0.3) is 0 Å². The molecule has 146 valence electrons. The van der Waals surface area contributed by atoms with Gasteiger partial charge in [0.2, 0.25) is 5.91 Å². The second kappa shape index (κ2) is 8.56. The first-order valence-corrected chi connectivity index (χ1v) is 8.92. The second-order valence-corrected chi connectivity index (χ2v) is 6.25. The highest BCUT2D eigenvalue weighted by Gasteiger charge is 2.24. The summed E-state index contributed by atoms with van der Waals surface area (Å²) < 4.78 is 15.7. The van der Waals surface area contributed by atoms with Gasteiger partial charge in [0.15, 0.2) is 19.0 Å². The lowest BCUT2D eigenvalue weighted by Gasteiger charge is -2.10. The minimum Gasteiger partial charge on any atom is -0.494 e. The van der Waals surface area contributed by atoms with Crippen molar-refractivity contribution in [2.45, 2.75) is 13.3 Å². The molecule has 0 saturated heterocycles. The number of anilines is 1. The second-order valence-electron chi connectivity index (χ2n) is 6.25. The van der Waals surface area contributed by atoms with Crippen LogP contribution < -0.4 is 14.4 Å². The number of Topliss-reactive ketones (excluding diaryl/α,β-unsaturated/α-hetero) is 1. The lowest BCUT2D eigenvalue weighted by Crippen LogP contribution is -2.20. The van der Waals surface area contributed by atoms with Crippen LogP contribution in [0.1, 0.15) is 22.8 Å². The molecule has 0 saturated carbocycles. The van der Waals surface area contributed by atoms with Crippen LogP contribution in [0.5, 0.6) is 11.5 Å². The topological polar surface area (TPSA) is 82.1 Å². The Morgan fingerprint density at radius 2 is 1.68 bits per heavy atom. The zero-order chi connectivity index (χ0) is 20.1. The molecule has 1 aliphatic rings. The van der Waals surface area contributed by atoms with Crippen LogP contribution in [0.2, 0.25) is 0 Å². The fourth-order valence-corrected chi connectivity index (χ4v) is 2.86. The highest BCUT2D eigenvalue weighted by atomic mass is 16.6. The molecule has 0 N–H and O–H groups in total. The van der Waals surface area contributed by atoms with Gasteiger partial charge in [0.05, 0.1) is 13.0 Å². The van der Waals surface area contributed by atoms with E-state index in [2.05, 4.69) is 0 Å². The summed E-state index contributed by atoms with van der Waals surface area (Å²) in [5.74, 6) is 0.222. The van der Waals surface area contributed by atoms with E-state index in [1.807, 2.05) is 6.92 Å². The van der Waals surface area contributed by atoms with E-state index < -0.39 is 5.97 Å². The van der Waals surface area contributed by atoms with Crippen LogP contribution in [-0.2, 0) is 20.7 Å². The van der Waals surface area contributed by atoms with E-state index in [1.54, 1.807) is 54.4 Å². The number of carbonyl (C=O) groups excluding carboxylic acids is 3. The van der Waals surface area contributed by atoms with Crippen LogP contribution >= 0.6 is 0 Å². The van der Waals surface area contributed by atoms with E-state index >= 15 is 0 Å². The van der Waals surface area contributed by atoms with E-state index in [0.29, 0.717) is 23.7 Å². The van der Waals surface area contributed by atoms with Crippen molar-refractivity contribution in [3.63, 3.8) is 0 Å². The summed E-state index contributed by atoms with van der Waals surface area (Å²) in [5.41, 5.74) is 1.99. The molecule has 3 rings (SSSR count). The van der Waals surface area contributed by atoms with Crippen molar-refractivity contribution in [2.24, 2.45) is 0 Å². The number of nitrogens with zero attached hydrogens (tertiary/aromatic N) is 1. The first-order valence-electron chi connectivity index (χ1n) is 8.92. The van der Waals surface area contributed by atoms with Gasteiger partial charge in [0.1, 0.15) is 11.5 Å². The zero-order valence-corrected chi connectivity index (χ0v) is 15.8. The maximum Gasteiger partial charge on any atom is 0.344 e. The Balaban J connectivity index is 1.47. The van der Waals surface area contributed by atoms with E-state index in [0.717, 1.165) is 11.3 Å². The Kier molecular flexibility index (Phi) is 5.93. The molecular weight excluding hydrogens is 362 g/mol. The molecule has 0 unspecified atom stereocenters. The molecule has 1 amide bonds. The van der Waals surface area contributed by atoms with Gasteiger partial charge in [-0.2, -0.15) is 0 Å². The molecule has 2 aromatic carbocycles. The maximum absolute atomic E-state index is 12.3. The average molecular weight is 383 g/mol. The minimum absolute atomic E-state index is 0.0162. The number of fused-ring (bicyclic) bond motifs is 1. The van der Waals surface area contributed by atoms with Gasteiger partial charge in [-0.3, -0.25) is 9.59 Å². The lowest BCUT2D eigenvalue weighted by molar-refractivity contribution is -0.144. The summed E-state index contributed by atoms with van der Waals surface area (Å²) in [6.45, 7) is 1.78. The van der Waals surface area contributed by atoms with Crippen molar-refractivity contribution in [2.75, 3.05) is 31.8 Å². The monoisotopic (exact) mass is 383 g/mol. The van der Waals surface area contributed by atoms with Gasteiger partial charge in [-0.05, 0) is 55.0 Å². The molecule has 1 heterocycles. The number of hydrogen-bond donors (Lipinski definition) is 0. The third-order valence-electron chi connectivity index (χ3n) is 4.33. The highest BCUT2D eigenvalue weighted by Crippen LogP contribution is 2.28. The minimum atomic E-state index is -0.640. The molecule has 2 aromatic rings. The Morgan fingerprint density at radius 1 is 1.00 bits per heavy atom. The fourth-order valence-electron chi connectivity index (χ4n) is 2.86. The molecule has 0 bridgehead atoms. The molecule has 0 atom stereocenters. The summed E-state index contributed by atoms with van der Waals surface area (Å²) in [6, 6.07) is 11.9. The van der Waals surface area contributed by atoms with Crippen LogP contribution in [0.4, 0.5) is 5.69 Å². The van der Waals surface area contributed by atoms with E-state index in [4.69, 9.17) is 14.2 Å². The first kappa shape index (κ1) is 19.4. The van der Waals surface area contributed by atoms with Gasteiger partial charge >= 0.3 is 5.97 Å². The molecule has 0 aliphatic carbocycles.